The van der Waals surface area contributed by atoms with Gasteiger partial charge in [0.25, 0.3) is 11.8 Å². The smallest absolute Gasteiger partial charge is 0.257 e. The average Bonchev–Trinajstić information content (AvgIpc) is 3.32. The maximum absolute atomic E-state index is 12.8. The zero-order chi connectivity index (χ0) is 17.2. The van der Waals surface area contributed by atoms with Gasteiger partial charge in [-0.2, -0.15) is 0 Å². The minimum Gasteiger partial charge on any atom is -0.420 e. The van der Waals surface area contributed by atoms with Crippen molar-refractivity contribution in [2.24, 2.45) is 0 Å². The van der Waals surface area contributed by atoms with E-state index in [4.69, 9.17) is 4.42 Å². The largest absolute Gasteiger partial charge is 0.420 e. The molecule has 0 spiro atoms. The minimum atomic E-state index is 0.0754. The molecule has 3 heterocycles. The molecule has 6 heteroatoms. The molecule has 0 radical (unpaired) electrons. The fourth-order valence-corrected chi connectivity index (χ4v) is 3.87. The Morgan fingerprint density at radius 2 is 2.20 bits per heavy atom. The van der Waals surface area contributed by atoms with E-state index in [1.54, 1.807) is 11.3 Å². The van der Waals surface area contributed by atoms with Crippen LogP contribution in [0.15, 0.2) is 46.2 Å². The van der Waals surface area contributed by atoms with Gasteiger partial charge in [-0.05, 0) is 43.3 Å². The number of hydrogen-bond donors (Lipinski definition) is 0. The van der Waals surface area contributed by atoms with E-state index in [-0.39, 0.29) is 11.8 Å². The molecule has 1 saturated heterocycles. The maximum atomic E-state index is 12.8. The highest BCUT2D eigenvalue weighted by Gasteiger charge is 2.29. The summed E-state index contributed by atoms with van der Waals surface area (Å²) in [5.74, 6) is 1.37. The summed E-state index contributed by atoms with van der Waals surface area (Å²) in [4.78, 5) is 15.7. The first-order valence-electron chi connectivity index (χ1n) is 8.44. The molecular formula is C19H19N3O2S. The number of benzene rings is 1. The Morgan fingerprint density at radius 1 is 1.28 bits per heavy atom. The quantitative estimate of drug-likeness (QED) is 0.710. The van der Waals surface area contributed by atoms with Gasteiger partial charge >= 0.3 is 0 Å². The van der Waals surface area contributed by atoms with E-state index in [2.05, 4.69) is 10.2 Å². The zero-order valence-electron chi connectivity index (χ0n) is 14.0. The van der Waals surface area contributed by atoms with Crippen LogP contribution in [-0.2, 0) is 0 Å². The van der Waals surface area contributed by atoms with Crippen LogP contribution >= 0.6 is 11.3 Å². The second kappa shape index (κ2) is 6.80. The summed E-state index contributed by atoms with van der Waals surface area (Å²) in [5, 5.41) is 10.4. The first-order chi connectivity index (χ1) is 12.2. The van der Waals surface area contributed by atoms with E-state index in [1.807, 2.05) is 53.6 Å². The molecule has 0 unspecified atom stereocenters. The van der Waals surface area contributed by atoms with Gasteiger partial charge in [-0.1, -0.05) is 23.8 Å². The molecule has 1 fully saturated rings. The van der Waals surface area contributed by atoms with Crippen molar-refractivity contribution >= 4 is 17.2 Å². The van der Waals surface area contributed by atoms with Crippen molar-refractivity contribution in [3.63, 3.8) is 0 Å². The highest BCUT2D eigenvalue weighted by Crippen LogP contribution is 2.30. The second-order valence-corrected chi connectivity index (χ2v) is 7.33. The molecule has 5 nitrogen and oxygen atoms in total. The summed E-state index contributed by atoms with van der Waals surface area (Å²) in [6, 6.07) is 11.7. The Bertz CT molecular complexity index is 872. The highest BCUT2D eigenvalue weighted by atomic mass is 32.1. The lowest BCUT2D eigenvalue weighted by Gasteiger charge is -2.31. The second-order valence-electron chi connectivity index (χ2n) is 6.38. The predicted molar refractivity (Wildman–Crippen MR) is 96.7 cm³/mol. The Morgan fingerprint density at radius 3 is 3.00 bits per heavy atom. The number of piperidine rings is 1. The standard InChI is InChI=1S/C19H19N3O2S/c1-13-5-2-6-14(11-13)19(23)22-9-3-7-15(12-22)17-20-21-18(24-17)16-8-4-10-25-16/h2,4-6,8,10-11,15H,3,7,9,12H2,1H3/t15-/m1/s1. The van der Waals surface area contributed by atoms with E-state index >= 15 is 0 Å². The van der Waals surface area contributed by atoms with Crippen molar-refractivity contribution in [3.05, 3.63) is 58.8 Å². The number of aryl methyl sites for hydroxylation is 1. The Hall–Kier alpha value is -2.47. The van der Waals surface area contributed by atoms with Gasteiger partial charge < -0.3 is 9.32 Å². The van der Waals surface area contributed by atoms with Crippen molar-refractivity contribution in [1.82, 2.24) is 15.1 Å². The van der Waals surface area contributed by atoms with Crippen molar-refractivity contribution in [3.8, 4) is 10.8 Å². The fraction of sp³-hybridized carbons (Fsp3) is 0.316. The molecule has 1 aliphatic heterocycles. The molecule has 25 heavy (non-hydrogen) atoms. The summed E-state index contributed by atoms with van der Waals surface area (Å²) < 4.78 is 5.87. The number of rotatable bonds is 3. The summed E-state index contributed by atoms with van der Waals surface area (Å²) in [7, 11) is 0. The van der Waals surface area contributed by atoms with Crippen molar-refractivity contribution in [2.45, 2.75) is 25.7 Å². The van der Waals surface area contributed by atoms with Crippen molar-refractivity contribution in [2.75, 3.05) is 13.1 Å². The van der Waals surface area contributed by atoms with Crippen LogP contribution in [0.25, 0.3) is 10.8 Å². The highest BCUT2D eigenvalue weighted by molar-refractivity contribution is 7.13. The molecule has 0 aliphatic carbocycles. The third kappa shape index (κ3) is 3.35. The van der Waals surface area contributed by atoms with Crippen LogP contribution in [0, 0.1) is 6.92 Å². The molecule has 4 rings (SSSR count). The lowest BCUT2D eigenvalue weighted by atomic mass is 9.97. The van der Waals surface area contributed by atoms with Crippen LogP contribution in [0.4, 0.5) is 0 Å². The molecule has 1 amide bonds. The van der Waals surface area contributed by atoms with Gasteiger partial charge in [0.1, 0.15) is 0 Å². The summed E-state index contributed by atoms with van der Waals surface area (Å²) >= 11 is 1.58. The number of thiophene rings is 1. The number of carbonyl (C=O) groups excluding carboxylic acids is 1. The van der Waals surface area contributed by atoms with E-state index < -0.39 is 0 Å². The Kier molecular flexibility index (Phi) is 4.36. The van der Waals surface area contributed by atoms with Gasteiger partial charge in [0.05, 0.1) is 10.8 Å². The number of amides is 1. The molecular weight excluding hydrogens is 334 g/mol. The summed E-state index contributed by atoms with van der Waals surface area (Å²) in [5.41, 5.74) is 1.84. The number of carbonyl (C=O) groups is 1. The number of likely N-dealkylation sites (tertiary alicyclic amines) is 1. The minimum absolute atomic E-state index is 0.0754. The summed E-state index contributed by atoms with van der Waals surface area (Å²) in [6.45, 7) is 3.40. The predicted octanol–water partition coefficient (Wildman–Crippen LogP) is 4.13. The van der Waals surface area contributed by atoms with E-state index in [1.165, 1.54) is 0 Å². The SMILES string of the molecule is Cc1cccc(C(=O)N2CCC[C@@H](c3nnc(-c4cccs4)o3)C2)c1. The lowest BCUT2D eigenvalue weighted by Crippen LogP contribution is -2.39. The normalized spacial score (nSPS) is 17.6. The lowest BCUT2D eigenvalue weighted by molar-refractivity contribution is 0.0698. The maximum Gasteiger partial charge on any atom is 0.257 e. The molecule has 2 aromatic heterocycles. The van der Waals surface area contributed by atoms with Crippen molar-refractivity contribution < 1.29 is 9.21 Å². The van der Waals surface area contributed by atoms with Gasteiger partial charge in [0.2, 0.25) is 5.89 Å². The topological polar surface area (TPSA) is 59.2 Å². The van der Waals surface area contributed by atoms with Gasteiger partial charge in [-0.15, -0.1) is 21.5 Å². The number of hydrogen-bond acceptors (Lipinski definition) is 5. The first-order valence-corrected chi connectivity index (χ1v) is 9.32. The van der Waals surface area contributed by atoms with Crippen LogP contribution in [0.3, 0.4) is 0 Å². The van der Waals surface area contributed by atoms with Crippen molar-refractivity contribution in [1.29, 1.82) is 0 Å². The summed E-state index contributed by atoms with van der Waals surface area (Å²) in [6.07, 6.45) is 1.91. The first kappa shape index (κ1) is 16.0. The van der Waals surface area contributed by atoms with Gasteiger partial charge in [0, 0.05) is 18.7 Å². The van der Waals surface area contributed by atoms with Crippen LogP contribution < -0.4 is 0 Å². The molecule has 0 bridgehead atoms. The average molecular weight is 353 g/mol. The zero-order valence-corrected chi connectivity index (χ0v) is 14.8. The van der Waals surface area contributed by atoms with E-state index in [0.29, 0.717) is 18.3 Å². The molecule has 1 aliphatic rings. The van der Waals surface area contributed by atoms with E-state index in [0.717, 1.165) is 35.4 Å². The van der Waals surface area contributed by atoms with Gasteiger partial charge in [0.15, 0.2) is 0 Å². The molecule has 128 valence electrons. The van der Waals surface area contributed by atoms with Crippen LogP contribution in [0.2, 0.25) is 0 Å². The Labute approximate surface area is 150 Å². The van der Waals surface area contributed by atoms with Crippen LogP contribution in [0.1, 0.15) is 40.6 Å². The number of aromatic nitrogens is 2. The van der Waals surface area contributed by atoms with E-state index in [9.17, 15) is 4.79 Å². The third-order valence-corrected chi connectivity index (χ3v) is 5.35. The molecule has 0 saturated carbocycles. The fourth-order valence-electron chi connectivity index (χ4n) is 3.22. The van der Waals surface area contributed by atoms with Gasteiger partial charge in [-0.3, -0.25) is 4.79 Å². The molecule has 1 atom stereocenters. The molecule has 3 aromatic rings. The van der Waals surface area contributed by atoms with Gasteiger partial charge in [-0.25, -0.2) is 0 Å². The van der Waals surface area contributed by atoms with Crippen LogP contribution in [0.5, 0.6) is 0 Å². The molecule has 0 N–H and O–H groups in total. The third-order valence-electron chi connectivity index (χ3n) is 4.50. The van der Waals surface area contributed by atoms with Crippen LogP contribution in [-0.4, -0.2) is 34.1 Å². The molecule has 1 aromatic carbocycles. The number of nitrogens with zero attached hydrogens (tertiary/aromatic N) is 3. The monoisotopic (exact) mass is 353 g/mol. The Balaban J connectivity index is 1.50.